The minimum Gasteiger partial charge on any atom is -0.463 e. The third kappa shape index (κ3) is 7.47. The molecule has 1 aliphatic rings. The molecule has 0 aromatic heterocycles. The molecular weight excluding hydrogens is 375 g/mol. The first kappa shape index (κ1) is 22.2. The van der Waals surface area contributed by atoms with Crippen molar-refractivity contribution in [3.63, 3.8) is 0 Å². The summed E-state index contributed by atoms with van der Waals surface area (Å²) >= 11 is 0. The lowest BCUT2D eigenvalue weighted by Crippen LogP contribution is -2.35. The lowest BCUT2D eigenvalue weighted by atomic mass is 10.1. The molecule has 9 heteroatoms. The second-order valence-electron chi connectivity index (χ2n) is 6.46. The van der Waals surface area contributed by atoms with E-state index >= 15 is 0 Å². The SMILES string of the molecule is COCCOC(=NCCN1CCCCC1)NC(=O)c1cccc(C(F)(F)F)c1. The zero-order valence-electron chi connectivity index (χ0n) is 15.9. The van der Waals surface area contributed by atoms with Crippen molar-refractivity contribution in [2.75, 3.05) is 46.5 Å². The largest absolute Gasteiger partial charge is 0.463 e. The Labute approximate surface area is 162 Å². The van der Waals surface area contributed by atoms with Gasteiger partial charge in [0.15, 0.2) is 0 Å². The van der Waals surface area contributed by atoms with Gasteiger partial charge in [0, 0.05) is 19.2 Å². The number of hydrogen-bond acceptors (Lipinski definition) is 5. The van der Waals surface area contributed by atoms with E-state index in [4.69, 9.17) is 9.47 Å². The molecule has 0 unspecified atom stereocenters. The molecule has 0 radical (unpaired) electrons. The van der Waals surface area contributed by atoms with Crippen LogP contribution in [-0.4, -0.2) is 63.3 Å². The van der Waals surface area contributed by atoms with Gasteiger partial charge in [0.2, 0.25) is 0 Å². The van der Waals surface area contributed by atoms with Crippen LogP contribution in [0.25, 0.3) is 0 Å². The predicted molar refractivity (Wildman–Crippen MR) is 99.3 cm³/mol. The molecule has 1 saturated heterocycles. The van der Waals surface area contributed by atoms with Crippen LogP contribution in [0.2, 0.25) is 0 Å². The van der Waals surface area contributed by atoms with Crippen molar-refractivity contribution in [1.82, 2.24) is 10.2 Å². The molecule has 1 aliphatic heterocycles. The molecule has 1 N–H and O–H groups in total. The quantitative estimate of drug-likeness (QED) is 0.434. The van der Waals surface area contributed by atoms with Crippen molar-refractivity contribution in [3.8, 4) is 0 Å². The highest BCUT2D eigenvalue weighted by Crippen LogP contribution is 2.29. The Morgan fingerprint density at radius 2 is 1.96 bits per heavy atom. The third-order valence-corrected chi connectivity index (χ3v) is 4.32. The van der Waals surface area contributed by atoms with Gasteiger partial charge in [0.1, 0.15) is 6.61 Å². The van der Waals surface area contributed by atoms with Gasteiger partial charge in [0.05, 0.1) is 18.7 Å². The zero-order chi connectivity index (χ0) is 20.4. The minimum absolute atomic E-state index is 0.0172. The molecule has 6 nitrogen and oxygen atoms in total. The highest BCUT2D eigenvalue weighted by Gasteiger charge is 2.31. The first-order valence-corrected chi connectivity index (χ1v) is 9.27. The molecule has 2 rings (SSSR count). The van der Waals surface area contributed by atoms with E-state index in [1.54, 1.807) is 0 Å². The summed E-state index contributed by atoms with van der Waals surface area (Å²) in [6, 6.07) is 4.20. The number of likely N-dealkylation sites (tertiary alicyclic amines) is 1. The molecule has 28 heavy (non-hydrogen) atoms. The van der Waals surface area contributed by atoms with E-state index in [1.807, 2.05) is 0 Å². The highest BCUT2D eigenvalue weighted by atomic mass is 19.4. The fraction of sp³-hybridized carbons (Fsp3) is 0.579. The molecule has 0 aliphatic carbocycles. The number of rotatable bonds is 7. The van der Waals surface area contributed by atoms with E-state index < -0.39 is 17.6 Å². The van der Waals surface area contributed by atoms with Crippen LogP contribution in [0, 0.1) is 0 Å². The van der Waals surface area contributed by atoms with Crippen LogP contribution in [0.5, 0.6) is 0 Å². The van der Waals surface area contributed by atoms with Gasteiger partial charge in [-0.05, 0) is 44.1 Å². The number of piperidine rings is 1. The molecule has 156 valence electrons. The van der Waals surface area contributed by atoms with Gasteiger partial charge in [-0.1, -0.05) is 12.5 Å². The lowest BCUT2D eigenvalue weighted by molar-refractivity contribution is -0.137. The van der Waals surface area contributed by atoms with Crippen LogP contribution in [-0.2, 0) is 15.7 Å². The Hall–Kier alpha value is -2.13. The molecule has 0 saturated carbocycles. The first-order chi connectivity index (χ1) is 13.4. The van der Waals surface area contributed by atoms with Crippen molar-refractivity contribution in [2.45, 2.75) is 25.4 Å². The number of carbonyl (C=O) groups excluding carboxylic acids is 1. The van der Waals surface area contributed by atoms with Gasteiger partial charge in [-0.2, -0.15) is 13.2 Å². The fourth-order valence-corrected chi connectivity index (χ4v) is 2.82. The Bertz CT molecular complexity index is 659. The van der Waals surface area contributed by atoms with Crippen LogP contribution in [0.4, 0.5) is 13.2 Å². The summed E-state index contributed by atoms with van der Waals surface area (Å²) in [4.78, 5) is 18.9. The summed E-state index contributed by atoms with van der Waals surface area (Å²) in [6.45, 7) is 3.66. The number of nitrogens with one attached hydrogen (secondary N) is 1. The van der Waals surface area contributed by atoms with E-state index in [0.717, 1.165) is 44.6 Å². The van der Waals surface area contributed by atoms with Gasteiger partial charge in [-0.3, -0.25) is 10.1 Å². The normalized spacial score (nSPS) is 16.1. The minimum atomic E-state index is -4.52. The molecule has 1 heterocycles. The zero-order valence-corrected chi connectivity index (χ0v) is 15.9. The smallest absolute Gasteiger partial charge is 0.416 e. The van der Waals surface area contributed by atoms with E-state index in [1.165, 1.54) is 25.7 Å². The average molecular weight is 401 g/mol. The Balaban J connectivity index is 1.99. The number of ether oxygens (including phenoxy) is 2. The van der Waals surface area contributed by atoms with E-state index in [0.29, 0.717) is 13.2 Å². The summed E-state index contributed by atoms with van der Waals surface area (Å²) in [5.74, 6) is -0.708. The predicted octanol–water partition coefficient (Wildman–Crippen LogP) is 2.94. The Morgan fingerprint density at radius 1 is 1.21 bits per heavy atom. The standard InChI is InChI=1S/C19H26F3N3O3/c1-27-12-13-28-18(23-8-11-25-9-3-2-4-10-25)24-17(26)15-6-5-7-16(14-15)19(20,21)22/h5-7,14H,2-4,8-13H2,1H3,(H,23,24,26). The topological polar surface area (TPSA) is 63.2 Å². The van der Waals surface area contributed by atoms with Gasteiger partial charge in [-0.15, -0.1) is 0 Å². The molecule has 1 amide bonds. The van der Waals surface area contributed by atoms with Crippen molar-refractivity contribution in [3.05, 3.63) is 35.4 Å². The van der Waals surface area contributed by atoms with Gasteiger partial charge in [0.25, 0.3) is 11.9 Å². The maximum absolute atomic E-state index is 12.8. The summed E-state index contributed by atoms with van der Waals surface area (Å²) in [7, 11) is 1.51. The molecule has 0 spiro atoms. The van der Waals surface area contributed by atoms with Crippen molar-refractivity contribution in [2.24, 2.45) is 4.99 Å². The molecule has 1 aromatic carbocycles. The second kappa shape index (κ2) is 11.0. The number of alkyl halides is 3. The van der Waals surface area contributed by atoms with E-state index in [2.05, 4.69) is 15.2 Å². The molecular formula is C19H26F3N3O3. The number of amides is 1. The molecule has 0 bridgehead atoms. The van der Waals surface area contributed by atoms with Crippen LogP contribution in [0.15, 0.2) is 29.3 Å². The summed E-state index contributed by atoms with van der Waals surface area (Å²) in [6.07, 6.45) is -0.963. The highest BCUT2D eigenvalue weighted by molar-refractivity contribution is 6.04. The van der Waals surface area contributed by atoms with Gasteiger partial charge in [-0.25, -0.2) is 4.99 Å². The molecule has 1 aromatic rings. The Morgan fingerprint density at radius 3 is 2.64 bits per heavy atom. The van der Waals surface area contributed by atoms with E-state index in [9.17, 15) is 18.0 Å². The summed E-state index contributed by atoms with van der Waals surface area (Å²) in [5.41, 5.74) is -1.00. The number of hydrogen-bond donors (Lipinski definition) is 1. The number of nitrogens with zero attached hydrogens (tertiary/aromatic N) is 2. The first-order valence-electron chi connectivity index (χ1n) is 9.27. The van der Waals surface area contributed by atoms with Crippen LogP contribution < -0.4 is 5.32 Å². The maximum atomic E-state index is 12.8. The number of benzene rings is 1. The van der Waals surface area contributed by atoms with E-state index in [-0.39, 0.29) is 18.2 Å². The fourth-order valence-electron chi connectivity index (χ4n) is 2.82. The molecule has 0 atom stereocenters. The average Bonchev–Trinajstić information content (AvgIpc) is 2.68. The number of aliphatic imine (C=N–C) groups is 1. The number of halogens is 3. The summed E-state index contributed by atoms with van der Waals surface area (Å²) in [5, 5.41) is 2.46. The molecule has 1 fully saturated rings. The Kier molecular flexibility index (Phi) is 8.72. The number of amidine groups is 1. The third-order valence-electron chi connectivity index (χ3n) is 4.32. The number of methoxy groups -OCH3 is 1. The second-order valence-corrected chi connectivity index (χ2v) is 6.46. The van der Waals surface area contributed by atoms with Crippen LogP contribution in [0.1, 0.15) is 35.2 Å². The lowest BCUT2D eigenvalue weighted by Gasteiger charge is -2.25. The van der Waals surface area contributed by atoms with Crippen LogP contribution in [0.3, 0.4) is 0 Å². The van der Waals surface area contributed by atoms with Crippen molar-refractivity contribution in [1.29, 1.82) is 0 Å². The summed E-state index contributed by atoms with van der Waals surface area (Å²) < 4.78 is 48.9. The van der Waals surface area contributed by atoms with Crippen LogP contribution >= 0.6 is 0 Å². The van der Waals surface area contributed by atoms with Crippen molar-refractivity contribution < 1.29 is 27.4 Å². The number of carbonyl (C=O) groups is 1. The van der Waals surface area contributed by atoms with Gasteiger partial charge < -0.3 is 14.4 Å². The van der Waals surface area contributed by atoms with Gasteiger partial charge >= 0.3 is 6.18 Å². The maximum Gasteiger partial charge on any atom is 0.416 e. The van der Waals surface area contributed by atoms with Crippen molar-refractivity contribution >= 4 is 11.9 Å². The monoisotopic (exact) mass is 401 g/mol.